The van der Waals surface area contributed by atoms with Gasteiger partial charge >= 0.3 is 12.2 Å². The van der Waals surface area contributed by atoms with Crippen molar-refractivity contribution in [1.29, 1.82) is 5.26 Å². The molecule has 176 valence electrons. The third-order valence-corrected chi connectivity index (χ3v) is 7.00. The first kappa shape index (κ1) is 23.7. The van der Waals surface area contributed by atoms with Gasteiger partial charge in [0, 0.05) is 42.1 Å². The maximum absolute atomic E-state index is 12.7. The summed E-state index contributed by atoms with van der Waals surface area (Å²) in [5, 5.41) is 23.8. The van der Waals surface area contributed by atoms with Crippen LogP contribution >= 0.6 is 11.3 Å². The molecule has 2 N–H and O–H groups in total. The van der Waals surface area contributed by atoms with Crippen LogP contribution in [0.4, 0.5) is 23.7 Å². The Bertz CT molecular complexity index is 1240. The molecule has 2 amide bonds. The number of carbonyl (C=O) groups is 1. The number of hydrogen-bond donors (Lipinski definition) is 2. The minimum atomic E-state index is -4.44. The fourth-order valence-electron chi connectivity index (χ4n) is 3.87. The van der Waals surface area contributed by atoms with Crippen molar-refractivity contribution in [3.05, 3.63) is 69.5 Å². The van der Waals surface area contributed by atoms with Gasteiger partial charge in [-0.2, -0.15) is 18.4 Å². The van der Waals surface area contributed by atoms with E-state index in [0.29, 0.717) is 21.8 Å². The average molecular weight is 487 g/mol. The second-order valence-corrected chi connectivity index (χ2v) is 9.31. The molecule has 2 heterocycles. The van der Waals surface area contributed by atoms with Crippen LogP contribution in [0.1, 0.15) is 33.9 Å². The Morgan fingerprint density at radius 3 is 2.44 bits per heavy atom. The number of nitriles is 1. The molecule has 4 rings (SSSR count). The smallest absolute Gasteiger partial charge is 0.383 e. The second kappa shape index (κ2) is 9.08. The zero-order valence-electron chi connectivity index (χ0n) is 18.2. The molecule has 1 aromatic heterocycles. The van der Waals surface area contributed by atoms with Crippen molar-refractivity contribution in [2.24, 2.45) is 0 Å². The fraction of sp³-hybridized carbons (Fsp3) is 0.292. The number of halogens is 3. The average Bonchev–Trinajstić information content (AvgIpc) is 3.21. The zero-order valence-corrected chi connectivity index (χ0v) is 19.0. The van der Waals surface area contributed by atoms with Crippen molar-refractivity contribution < 1.29 is 23.1 Å². The van der Waals surface area contributed by atoms with Crippen LogP contribution in [-0.2, 0) is 11.8 Å². The van der Waals surface area contributed by atoms with E-state index in [9.17, 15) is 28.3 Å². The Kier molecular flexibility index (Phi) is 6.34. The minimum Gasteiger partial charge on any atom is -0.383 e. The van der Waals surface area contributed by atoms with Gasteiger partial charge in [0.2, 0.25) is 0 Å². The number of aryl methyl sites for hydroxylation is 1. The van der Waals surface area contributed by atoms with Crippen LogP contribution in [0.5, 0.6) is 0 Å². The van der Waals surface area contributed by atoms with Crippen molar-refractivity contribution in [1.82, 2.24) is 9.88 Å². The van der Waals surface area contributed by atoms with Crippen LogP contribution in [0, 0.1) is 18.3 Å². The summed E-state index contributed by atoms with van der Waals surface area (Å²) >= 11 is 1.37. The van der Waals surface area contributed by atoms with Crippen molar-refractivity contribution in [2.75, 3.05) is 18.4 Å². The summed E-state index contributed by atoms with van der Waals surface area (Å²) in [6, 6.07) is 13.1. The molecule has 1 aliphatic rings. The molecule has 0 aliphatic carbocycles. The number of carbonyl (C=O) groups excluding carboxylic acids is 1. The van der Waals surface area contributed by atoms with Gasteiger partial charge in [0.1, 0.15) is 10.6 Å². The van der Waals surface area contributed by atoms with E-state index in [4.69, 9.17) is 0 Å². The van der Waals surface area contributed by atoms with E-state index in [1.54, 1.807) is 12.1 Å². The molecule has 0 unspecified atom stereocenters. The van der Waals surface area contributed by atoms with Crippen LogP contribution in [0.2, 0.25) is 0 Å². The van der Waals surface area contributed by atoms with Crippen LogP contribution in [0.25, 0.3) is 11.3 Å². The lowest BCUT2D eigenvalue weighted by Crippen LogP contribution is -2.46. The van der Waals surface area contributed by atoms with Crippen LogP contribution in [-0.4, -0.2) is 34.1 Å². The maximum Gasteiger partial charge on any atom is 0.416 e. The number of likely N-dealkylation sites (tertiary alicyclic amines) is 1. The second-order valence-electron chi connectivity index (χ2n) is 8.11. The van der Waals surface area contributed by atoms with Crippen LogP contribution < -0.4 is 5.32 Å². The molecule has 0 bridgehead atoms. The molecule has 6 nitrogen and oxygen atoms in total. The van der Waals surface area contributed by atoms with Crippen LogP contribution in [0.15, 0.2) is 48.5 Å². The van der Waals surface area contributed by atoms with Crippen molar-refractivity contribution in [3.63, 3.8) is 0 Å². The summed E-state index contributed by atoms with van der Waals surface area (Å²) in [5.41, 5.74) is 0.138. The largest absolute Gasteiger partial charge is 0.416 e. The molecule has 0 spiro atoms. The molecule has 0 saturated carbocycles. The van der Waals surface area contributed by atoms with E-state index in [1.807, 2.05) is 19.1 Å². The number of thiazole rings is 1. The summed E-state index contributed by atoms with van der Waals surface area (Å²) in [4.78, 5) is 19.6. The van der Waals surface area contributed by atoms with Gasteiger partial charge in [-0.25, -0.2) is 9.78 Å². The Morgan fingerprint density at radius 1 is 1.18 bits per heavy atom. The van der Waals surface area contributed by atoms with E-state index in [-0.39, 0.29) is 31.6 Å². The third-order valence-electron chi connectivity index (χ3n) is 5.84. The summed E-state index contributed by atoms with van der Waals surface area (Å²) in [6.07, 6.45) is -3.91. The molecule has 34 heavy (non-hydrogen) atoms. The highest BCUT2D eigenvalue weighted by Crippen LogP contribution is 2.39. The number of urea groups is 1. The lowest BCUT2D eigenvalue weighted by atomic mass is 9.92. The lowest BCUT2D eigenvalue weighted by Gasteiger charge is -2.36. The van der Waals surface area contributed by atoms with Gasteiger partial charge < -0.3 is 15.3 Å². The molecular weight excluding hydrogens is 465 g/mol. The van der Waals surface area contributed by atoms with E-state index in [1.165, 1.54) is 28.4 Å². The SMILES string of the molecule is Cc1sc(C2(O)CCN(C(=O)Nc3ccc(C(F)(F)F)cc3)CC2)nc1-c1ccccc1C#N. The summed E-state index contributed by atoms with van der Waals surface area (Å²) in [7, 11) is 0. The molecular formula is C24H21F3N4O2S. The van der Waals surface area contributed by atoms with Crippen molar-refractivity contribution >= 4 is 23.1 Å². The molecule has 0 atom stereocenters. The van der Waals surface area contributed by atoms with E-state index < -0.39 is 23.4 Å². The van der Waals surface area contributed by atoms with E-state index in [0.717, 1.165) is 17.0 Å². The van der Waals surface area contributed by atoms with Gasteiger partial charge in [0.05, 0.1) is 22.9 Å². The number of nitrogens with zero attached hydrogens (tertiary/aromatic N) is 3. The van der Waals surface area contributed by atoms with Gasteiger partial charge in [-0.15, -0.1) is 11.3 Å². The zero-order chi connectivity index (χ0) is 24.5. The number of alkyl halides is 3. The number of hydrogen-bond acceptors (Lipinski definition) is 5. The topological polar surface area (TPSA) is 89.2 Å². The maximum atomic E-state index is 12.7. The Balaban J connectivity index is 1.43. The first-order valence-corrected chi connectivity index (χ1v) is 11.4. The minimum absolute atomic E-state index is 0.256. The molecule has 10 heteroatoms. The molecule has 1 fully saturated rings. The number of amides is 2. The number of nitrogens with one attached hydrogen (secondary N) is 1. The Labute approximate surface area is 198 Å². The van der Waals surface area contributed by atoms with Crippen LogP contribution in [0.3, 0.4) is 0 Å². The number of benzene rings is 2. The fourth-order valence-corrected chi connectivity index (χ4v) is 4.94. The quantitative estimate of drug-likeness (QED) is 0.510. The number of aromatic nitrogens is 1. The molecule has 3 aromatic rings. The predicted molar refractivity (Wildman–Crippen MR) is 122 cm³/mol. The van der Waals surface area contributed by atoms with Gasteiger partial charge in [-0.3, -0.25) is 0 Å². The van der Waals surface area contributed by atoms with Gasteiger partial charge in [-0.1, -0.05) is 18.2 Å². The summed E-state index contributed by atoms with van der Waals surface area (Å²) < 4.78 is 38.1. The predicted octanol–water partition coefficient (Wildman–Crippen LogP) is 5.52. The lowest BCUT2D eigenvalue weighted by molar-refractivity contribution is -0.137. The monoisotopic (exact) mass is 486 g/mol. The number of aliphatic hydroxyl groups is 1. The first-order chi connectivity index (χ1) is 16.1. The first-order valence-electron chi connectivity index (χ1n) is 10.5. The highest BCUT2D eigenvalue weighted by atomic mass is 32.1. The highest BCUT2D eigenvalue weighted by molar-refractivity contribution is 7.12. The van der Waals surface area contributed by atoms with Gasteiger partial charge in [-0.05, 0) is 37.3 Å². The highest BCUT2D eigenvalue weighted by Gasteiger charge is 2.38. The Morgan fingerprint density at radius 2 is 1.82 bits per heavy atom. The standard InChI is InChI=1S/C24H21F3N4O2S/c1-15-20(19-5-3-2-4-16(19)14-28)30-21(34-15)23(33)10-12-31(13-11-23)22(32)29-18-8-6-17(7-9-18)24(25,26)27/h2-9,33H,10-13H2,1H3,(H,29,32). The third kappa shape index (κ3) is 4.76. The van der Waals surface area contributed by atoms with Gasteiger partial charge in [0.15, 0.2) is 0 Å². The molecule has 0 radical (unpaired) electrons. The van der Waals surface area contributed by atoms with Crippen molar-refractivity contribution in [3.8, 4) is 17.3 Å². The summed E-state index contributed by atoms with van der Waals surface area (Å²) in [5.74, 6) is 0. The molecule has 2 aromatic carbocycles. The summed E-state index contributed by atoms with van der Waals surface area (Å²) in [6.45, 7) is 2.40. The number of piperidine rings is 1. The van der Waals surface area contributed by atoms with Crippen molar-refractivity contribution in [2.45, 2.75) is 31.5 Å². The van der Waals surface area contributed by atoms with E-state index >= 15 is 0 Å². The molecule has 1 saturated heterocycles. The number of anilines is 1. The van der Waals surface area contributed by atoms with Gasteiger partial charge in [0.25, 0.3) is 0 Å². The van der Waals surface area contributed by atoms with E-state index in [2.05, 4.69) is 16.4 Å². The molecule has 1 aliphatic heterocycles. The Hall–Kier alpha value is -3.42. The normalized spacial score (nSPS) is 15.6. The number of rotatable bonds is 3.